The summed E-state index contributed by atoms with van der Waals surface area (Å²) < 4.78 is 26.7. The van der Waals surface area contributed by atoms with Crippen molar-refractivity contribution in [1.82, 2.24) is 4.31 Å². The van der Waals surface area contributed by atoms with Gasteiger partial charge < -0.3 is 5.73 Å². The Hall–Kier alpha value is -0.910. The number of nitrogens with zero attached hydrogens (tertiary/aromatic N) is 1. The lowest BCUT2D eigenvalue weighted by atomic mass is 10.1. The Morgan fingerprint density at radius 3 is 2.68 bits per heavy atom. The quantitative estimate of drug-likeness (QED) is 0.913. The molecule has 2 rings (SSSR count). The summed E-state index contributed by atoms with van der Waals surface area (Å²) in [5, 5.41) is 0. The predicted molar refractivity (Wildman–Crippen MR) is 76.5 cm³/mol. The minimum absolute atomic E-state index is 0.406. The summed E-state index contributed by atoms with van der Waals surface area (Å²) in [6.07, 6.45) is 1.82. The van der Waals surface area contributed by atoms with E-state index in [0.29, 0.717) is 30.4 Å². The van der Waals surface area contributed by atoms with Crippen molar-refractivity contribution in [2.75, 3.05) is 19.6 Å². The molecule has 0 amide bonds. The maximum Gasteiger partial charge on any atom is 0.243 e. The van der Waals surface area contributed by atoms with E-state index in [9.17, 15) is 8.42 Å². The topological polar surface area (TPSA) is 63.4 Å². The summed E-state index contributed by atoms with van der Waals surface area (Å²) in [6.45, 7) is 5.77. The molecule has 5 heteroatoms. The van der Waals surface area contributed by atoms with Gasteiger partial charge in [-0.3, -0.25) is 0 Å². The van der Waals surface area contributed by atoms with Crippen LogP contribution in [0.5, 0.6) is 0 Å². The molecule has 0 saturated carbocycles. The van der Waals surface area contributed by atoms with E-state index in [1.54, 1.807) is 16.4 Å². The fraction of sp³-hybridized carbons (Fsp3) is 0.571. The Morgan fingerprint density at radius 1 is 1.32 bits per heavy atom. The Labute approximate surface area is 115 Å². The van der Waals surface area contributed by atoms with E-state index in [0.717, 1.165) is 24.0 Å². The fourth-order valence-electron chi connectivity index (χ4n) is 2.51. The second kappa shape index (κ2) is 5.61. The molecule has 1 unspecified atom stereocenters. The molecule has 0 spiro atoms. The van der Waals surface area contributed by atoms with Crippen molar-refractivity contribution in [3.8, 4) is 0 Å². The van der Waals surface area contributed by atoms with Gasteiger partial charge in [-0.1, -0.05) is 6.07 Å². The highest BCUT2D eigenvalue weighted by Gasteiger charge is 2.32. The molecule has 106 valence electrons. The molecule has 19 heavy (non-hydrogen) atoms. The number of rotatable bonds is 4. The van der Waals surface area contributed by atoms with Crippen LogP contribution in [-0.4, -0.2) is 32.4 Å². The van der Waals surface area contributed by atoms with Gasteiger partial charge in [0.25, 0.3) is 0 Å². The van der Waals surface area contributed by atoms with Crippen LogP contribution in [-0.2, 0) is 10.0 Å². The van der Waals surface area contributed by atoms with Crippen molar-refractivity contribution in [2.24, 2.45) is 11.7 Å². The first-order valence-corrected chi connectivity index (χ1v) is 8.16. The molecule has 4 nitrogen and oxygen atoms in total. The molecule has 0 bridgehead atoms. The van der Waals surface area contributed by atoms with E-state index < -0.39 is 10.0 Å². The van der Waals surface area contributed by atoms with Crippen molar-refractivity contribution in [2.45, 2.75) is 31.6 Å². The lowest BCUT2D eigenvalue weighted by molar-refractivity contribution is 0.448. The maximum absolute atomic E-state index is 12.5. The van der Waals surface area contributed by atoms with Gasteiger partial charge in [-0.2, -0.15) is 4.31 Å². The van der Waals surface area contributed by atoms with Crippen LogP contribution in [0.4, 0.5) is 0 Å². The first-order valence-electron chi connectivity index (χ1n) is 6.72. The molecular formula is C14H22N2O2S. The van der Waals surface area contributed by atoms with Crippen LogP contribution in [0.1, 0.15) is 24.0 Å². The van der Waals surface area contributed by atoms with Crippen LogP contribution >= 0.6 is 0 Å². The van der Waals surface area contributed by atoms with Crippen molar-refractivity contribution in [3.05, 3.63) is 29.3 Å². The zero-order chi connectivity index (χ0) is 14.0. The minimum atomic E-state index is -3.34. The summed E-state index contributed by atoms with van der Waals surface area (Å²) in [6, 6.07) is 5.34. The van der Waals surface area contributed by atoms with Gasteiger partial charge in [-0.05, 0) is 62.4 Å². The SMILES string of the molecule is Cc1ccc(S(=O)(=O)N2CCC(CCN)C2)cc1C. The van der Waals surface area contributed by atoms with Crippen LogP contribution in [0.2, 0.25) is 0 Å². The standard InChI is InChI=1S/C14H22N2O2S/c1-11-3-4-14(9-12(11)2)19(17,18)16-8-6-13(10-16)5-7-15/h3-4,9,13H,5-8,10,15H2,1-2H3. The Balaban J connectivity index is 2.21. The van der Waals surface area contributed by atoms with Gasteiger partial charge in [0.2, 0.25) is 10.0 Å². The summed E-state index contributed by atoms with van der Waals surface area (Å²) in [4.78, 5) is 0.406. The lowest BCUT2D eigenvalue weighted by Gasteiger charge is -2.17. The second-order valence-corrected chi connectivity index (χ2v) is 7.28. The molecule has 1 atom stereocenters. The maximum atomic E-state index is 12.5. The van der Waals surface area contributed by atoms with Gasteiger partial charge in [-0.15, -0.1) is 0 Å². The van der Waals surface area contributed by atoms with Crippen molar-refractivity contribution in [3.63, 3.8) is 0 Å². The third kappa shape index (κ3) is 2.99. The van der Waals surface area contributed by atoms with E-state index in [-0.39, 0.29) is 0 Å². The molecule has 1 aromatic rings. The average Bonchev–Trinajstić information content (AvgIpc) is 2.82. The first kappa shape index (κ1) is 14.5. The third-order valence-corrected chi connectivity index (χ3v) is 5.80. The summed E-state index contributed by atoms with van der Waals surface area (Å²) in [7, 11) is -3.34. The van der Waals surface area contributed by atoms with Gasteiger partial charge >= 0.3 is 0 Å². The van der Waals surface area contributed by atoms with Gasteiger partial charge in [-0.25, -0.2) is 8.42 Å². The highest BCUT2D eigenvalue weighted by Crippen LogP contribution is 2.26. The summed E-state index contributed by atoms with van der Waals surface area (Å²) in [5.74, 6) is 0.409. The zero-order valence-electron chi connectivity index (χ0n) is 11.6. The molecule has 1 heterocycles. The van der Waals surface area contributed by atoms with E-state index >= 15 is 0 Å². The number of aryl methyl sites for hydroxylation is 2. The Bertz CT molecular complexity index is 555. The summed E-state index contributed by atoms with van der Waals surface area (Å²) in [5.41, 5.74) is 7.67. The number of hydrogen-bond donors (Lipinski definition) is 1. The Morgan fingerprint density at radius 2 is 2.05 bits per heavy atom. The number of benzene rings is 1. The van der Waals surface area contributed by atoms with Crippen molar-refractivity contribution < 1.29 is 8.42 Å². The molecule has 2 N–H and O–H groups in total. The highest BCUT2D eigenvalue weighted by molar-refractivity contribution is 7.89. The molecule has 1 aliphatic rings. The van der Waals surface area contributed by atoms with E-state index in [1.807, 2.05) is 19.9 Å². The average molecular weight is 282 g/mol. The molecule has 1 aliphatic heterocycles. The van der Waals surface area contributed by atoms with Gasteiger partial charge in [0.05, 0.1) is 4.90 Å². The zero-order valence-corrected chi connectivity index (χ0v) is 12.4. The molecule has 0 aromatic heterocycles. The van der Waals surface area contributed by atoms with Crippen LogP contribution < -0.4 is 5.73 Å². The normalized spacial score (nSPS) is 20.9. The molecular weight excluding hydrogens is 260 g/mol. The number of sulfonamides is 1. The molecule has 1 aromatic carbocycles. The third-order valence-electron chi connectivity index (χ3n) is 3.94. The highest BCUT2D eigenvalue weighted by atomic mass is 32.2. The largest absolute Gasteiger partial charge is 0.330 e. The van der Waals surface area contributed by atoms with Gasteiger partial charge in [0.15, 0.2) is 0 Å². The molecule has 0 radical (unpaired) electrons. The van der Waals surface area contributed by atoms with Crippen LogP contribution in [0.15, 0.2) is 23.1 Å². The lowest BCUT2D eigenvalue weighted by Crippen LogP contribution is -2.29. The molecule has 1 saturated heterocycles. The minimum Gasteiger partial charge on any atom is -0.330 e. The smallest absolute Gasteiger partial charge is 0.243 e. The van der Waals surface area contributed by atoms with Crippen LogP contribution in [0.3, 0.4) is 0 Å². The second-order valence-electron chi connectivity index (χ2n) is 5.34. The van der Waals surface area contributed by atoms with Gasteiger partial charge in [0.1, 0.15) is 0 Å². The van der Waals surface area contributed by atoms with Crippen LogP contribution in [0, 0.1) is 19.8 Å². The summed E-state index contributed by atoms with van der Waals surface area (Å²) >= 11 is 0. The molecule has 0 aliphatic carbocycles. The van der Waals surface area contributed by atoms with Gasteiger partial charge in [0, 0.05) is 13.1 Å². The monoisotopic (exact) mass is 282 g/mol. The van der Waals surface area contributed by atoms with E-state index in [4.69, 9.17) is 5.73 Å². The van der Waals surface area contributed by atoms with Crippen molar-refractivity contribution in [1.29, 1.82) is 0 Å². The van der Waals surface area contributed by atoms with Crippen molar-refractivity contribution >= 4 is 10.0 Å². The number of hydrogen-bond acceptors (Lipinski definition) is 3. The first-order chi connectivity index (χ1) is 8.95. The van der Waals surface area contributed by atoms with Crippen LogP contribution in [0.25, 0.3) is 0 Å². The van der Waals surface area contributed by atoms with E-state index in [2.05, 4.69) is 0 Å². The fourth-order valence-corrected chi connectivity index (χ4v) is 4.13. The Kier molecular flexibility index (Phi) is 4.28. The van der Waals surface area contributed by atoms with E-state index in [1.165, 1.54) is 0 Å². The molecule has 1 fully saturated rings. The predicted octanol–water partition coefficient (Wildman–Crippen LogP) is 1.66. The number of nitrogens with two attached hydrogens (primary N) is 1.